The number of oxazole rings is 1. The Morgan fingerprint density at radius 3 is 2.95 bits per heavy atom. The summed E-state index contributed by atoms with van der Waals surface area (Å²) in [5.41, 5.74) is 1.07. The summed E-state index contributed by atoms with van der Waals surface area (Å²) in [7, 11) is 2.18. The molecule has 0 bridgehead atoms. The van der Waals surface area contributed by atoms with Crippen molar-refractivity contribution in [1.29, 1.82) is 0 Å². The van der Waals surface area contributed by atoms with Gasteiger partial charge in [-0.3, -0.25) is 4.90 Å². The van der Waals surface area contributed by atoms with Gasteiger partial charge in [-0.1, -0.05) is 6.07 Å². The average Bonchev–Trinajstić information content (AvgIpc) is 2.97. The zero-order valence-electron chi connectivity index (χ0n) is 11.7. The summed E-state index contributed by atoms with van der Waals surface area (Å²) in [6.45, 7) is 5.20. The highest BCUT2D eigenvalue weighted by Crippen LogP contribution is 2.35. The number of hydrogen-bond donors (Lipinski definition) is 0. The van der Waals surface area contributed by atoms with Crippen LogP contribution in [0.2, 0.25) is 0 Å². The zero-order chi connectivity index (χ0) is 13.4. The molecule has 1 atom stereocenters. The van der Waals surface area contributed by atoms with Crippen LogP contribution in [0.15, 0.2) is 21.9 Å². The van der Waals surface area contributed by atoms with Gasteiger partial charge in [0, 0.05) is 12.6 Å². The second-order valence-electron chi connectivity index (χ2n) is 5.49. The van der Waals surface area contributed by atoms with Crippen LogP contribution in [-0.4, -0.2) is 23.0 Å². The quantitative estimate of drug-likeness (QED) is 0.828. The molecule has 2 aromatic heterocycles. The summed E-state index contributed by atoms with van der Waals surface area (Å²) in [5, 5.41) is 2.05. The van der Waals surface area contributed by atoms with E-state index >= 15 is 0 Å². The molecular weight excluding hydrogens is 256 g/mol. The second kappa shape index (κ2) is 5.10. The van der Waals surface area contributed by atoms with Crippen molar-refractivity contribution in [3.8, 4) is 10.8 Å². The Bertz CT molecular complexity index is 543. The lowest BCUT2D eigenvalue weighted by Gasteiger charge is -2.23. The van der Waals surface area contributed by atoms with Crippen LogP contribution in [0.1, 0.15) is 31.2 Å². The van der Waals surface area contributed by atoms with Gasteiger partial charge in [-0.05, 0) is 51.1 Å². The van der Waals surface area contributed by atoms with Crippen molar-refractivity contribution in [2.24, 2.45) is 5.92 Å². The van der Waals surface area contributed by atoms with Crippen LogP contribution in [0.3, 0.4) is 0 Å². The molecule has 4 heteroatoms. The third kappa shape index (κ3) is 2.74. The Hall–Kier alpha value is -1.13. The Balaban J connectivity index is 1.74. The minimum Gasteiger partial charge on any atom is -0.440 e. The molecule has 0 amide bonds. The molecular formula is C15H20N2OS. The normalized spacial score (nSPS) is 17.1. The maximum absolute atomic E-state index is 5.79. The molecule has 19 heavy (non-hydrogen) atoms. The first-order valence-corrected chi connectivity index (χ1v) is 7.73. The molecule has 0 spiro atoms. The van der Waals surface area contributed by atoms with Crippen molar-refractivity contribution in [3.05, 3.63) is 29.0 Å². The summed E-state index contributed by atoms with van der Waals surface area (Å²) in [6, 6.07) is 4.72. The van der Waals surface area contributed by atoms with Crippen LogP contribution in [0.5, 0.6) is 0 Å². The minimum atomic E-state index is 0.640. The van der Waals surface area contributed by atoms with Crippen LogP contribution >= 0.6 is 11.3 Å². The van der Waals surface area contributed by atoms with Gasteiger partial charge in [0.15, 0.2) is 0 Å². The number of aromatic nitrogens is 1. The van der Waals surface area contributed by atoms with E-state index in [0.29, 0.717) is 6.04 Å². The maximum Gasteiger partial charge on any atom is 0.236 e. The number of rotatable bonds is 5. The Morgan fingerprint density at radius 1 is 1.53 bits per heavy atom. The molecule has 2 aromatic rings. The molecule has 1 fully saturated rings. The number of hydrogen-bond acceptors (Lipinski definition) is 4. The van der Waals surface area contributed by atoms with E-state index < -0.39 is 0 Å². The molecule has 0 radical (unpaired) electrons. The molecule has 0 saturated heterocycles. The molecule has 0 aliphatic heterocycles. The number of nitrogens with zero attached hydrogens (tertiary/aromatic N) is 2. The highest BCUT2D eigenvalue weighted by atomic mass is 32.1. The zero-order valence-corrected chi connectivity index (χ0v) is 12.5. The third-order valence-electron chi connectivity index (χ3n) is 4.02. The lowest BCUT2D eigenvalue weighted by Crippen LogP contribution is -2.30. The molecule has 102 valence electrons. The van der Waals surface area contributed by atoms with Gasteiger partial charge in [-0.2, -0.15) is 0 Å². The largest absolute Gasteiger partial charge is 0.440 e. The van der Waals surface area contributed by atoms with Gasteiger partial charge in [-0.15, -0.1) is 11.3 Å². The predicted octanol–water partition coefficient (Wildman–Crippen LogP) is 3.94. The third-order valence-corrected chi connectivity index (χ3v) is 4.88. The summed E-state index contributed by atoms with van der Waals surface area (Å²) in [5.74, 6) is 2.59. The fourth-order valence-electron chi connectivity index (χ4n) is 2.40. The highest BCUT2D eigenvalue weighted by molar-refractivity contribution is 7.13. The van der Waals surface area contributed by atoms with Crippen molar-refractivity contribution < 1.29 is 4.42 Å². The average molecular weight is 276 g/mol. The van der Waals surface area contributed by atoms with Crippen molar-refractivity contribution >= 4 is 11.3 Å². The van der Waals surface area contributed by atoms with Gasteiger partial charge in [0.1, 0.15) is 5.76 Å². The van der Waals surface area contributed by atoms with Crippen LogP contribution in [0.25, 0.3) is 10.8 Å². The van der Waals surface area contributed by atoms with Crippen molar-refractivity contribution in [2.75, 3.05) is 7.05 Å². The Morgan fingerprint density at radius 2 is 2.32 bits per heavy atom. The highest BCUT2D eigenvalue weighted by Gasteiger charge is 2.30. The summed E-state index contributed by atoms with van der Waals surface area (Å²) < 4.78 is 5.79. The molecule has 1 aliphatic carbocycles. The number of aryl methyl sites for hydroxylation is 1. The molecule has 1 unspecified atom stereocenters. The lowest BCUT2D eigenvalue weighted by molar-refractivity contribution is 0.223. The van der Waals surface area contributed by atoms with Crippen molar-refractivity contribution in [1.82, 2.24) is 9.88 Å². The van der Waals surface area contributed by atoms with E-state index in [2.05, 4.69) is 35.3 Å². The fraction of sp³-hybridized carbons (Fsp3) is 0.533. The van der Waals surface area contributed by atoms with E-state index in [-0.39, 0.29) is 0 Å². The molecule has 2 heterocycles. The van der Waals surface area contributed by atoms with E-state index in [1.54, 1.807) is 11.3 Å². The molecule has 0 aromatic carbocycles. The van der Waals surface area contributed by atoms with Gasteiger partial charge in [-0.25, -0.2) is 4.98 Å². The van der Waals surface area contributed by atoms with Gasteiger partial charge in [0.2, 0.25) is 5.89 Å². The summed E-state index contributed by atoms with van der Waals surface area (Å²) in [6.07, 6.45) is 2.76. The molecule has 1 saturated carbocycles. The first kappa shape index (κ1) is 12.9. The maximum atomic E-state index is 5.79. The van der Waals surface area contributed by atoms with Crippen LogP contribution < -0.4 is 0 Å². The van der Waals surface area contributed by atoms with E-state index in [1.165, 1.54) is 12.8 Å². The van der Waals surface area contributed by atoms with Gasteiger partial charge in [0.05, 0.1) is 10.6 Å². The predicted molar refractivity (Wildman–Crippen MR) is 78.2 cm³/mol. The molecule has 3 rings (SSSR count). The second-order valence-corrected chi connectivity index (χ2v) is 6.44. The molecule has 0 N–H and O–H groups in total. The van der Waals surface area contributed by atoms with E-state index in [9.17, 15) is 0 Å². The Kier molecular flexibility index (Phi) is 3.46. The summed E-state index contributed by atoms with van der Waals surface area (Å²) >= 11 is 1.67. The van der Waals surface area contributed by atoms with E-state index in [1.807, 2.05) is 13.0 Å². The van der Waals surface area contributed by atoms with E-state index in [0.717, 1.165) is 34.7 Å². The Labute approximate surface area is 118 Å². The molecule has 3 nitrogen and oxygen atoms in total. The molecule has 1 aliphatic rings. The van der Waals surface area contributed by atoms with Gasteiger partial charge in [0.25, 0.3) is 0 Å². The lowest BCUT2D eigenvalue weighted by atomic mass is 10.2. The van der Waals surface area contributed by atoms with Crippen molar-refractivity contribution in [2.45, 2.75) is 39.3 Å². The van der Waals surface area contributed by atoms with Crippen LogP contribution in [0.4, 0.5) is 0 Å². The monoisotopic (exact) mass is 276 g/mol. The minimum absolute atomic E-state index is 0.640. The first-order valence-electron chi connectivity index (χ1n) is 6.85. The first-order chi connectivity index (χ1) is 9.15. The fourth-order valence-corrected chi connectivity index (χ4v) is 3.05. The van der Waals surface area contributed by atoms with E-state index in [4.69, 9.17) is 4.42 Å². The summed E-state index contributed by atoms with van der Waals surface area (Å²) in [4.78, 5) is 8.15. The van der Waals surface area contributed by atoms with Crippen molar-refractivity contribution in [3.63, 3.8) is 0 Å². The number of thiophene rings is 1. The SMILES string of the molecule is Cc1oc(-c2cccs2)nc1CN(C)C(C)C1CC1. The van der Waals surface area contributed by atoms with Gasteiger partial charge >= 0.3 is 0 Å². The smallest absolute Gasteiger partial charge is 0.236 e. The van der Waals surface area contributed by atoms with Crippen LogP contribution in [0, 0.1) is 12.8 Å². The van der Waals surface area contributed by atoms with Crippen LogP contribution in [-0.2, 0) is 6.54 Å². The standard InChI is InChI=1S/C15H20N2OS/c1-10(12-6-7-12)17(3)9-13-11(2)18-15(16-13)14-5-4-8-19-14/h4-5,8,10,12H,6-7,9H2,1-3H3. The topological polar surface area (TPSA) is 29.3 Å². The van der Waals surface area contributed by atoms with Gasteiger partial charge < -0.3 is 4.42 Å².